The van der Waals surface area contributed by atoms with Gasteiger partial charge in [0.1, 0.15) is 5.75 Å². The molecule has 1 rings (SSSR count). The highest BCUT2D eigenvalue weighted by molar-refractivity contribution is 6.31. The first-order valence-electron chi connectivity index (χ1n) is 6.61. The summed E-state index contributed by atoms with van der Waals surface area (Å²) in [5.74, 6) is 0.678. The second kappa shape index (κ2) is 6.95. The molecule has 0 aliphatic heterocycles. The van der Waals surface area contributed by atoms with Crippen LogP contribution in [-0.4, -0.2) is 24.6 Å². The molecule has 0 aliphatic carbocycles. The lowest BCUT2D eigenvalue weighted by molar-refractivity contribution is -0.124. The summed E-state index contributed by atoms with van der Waals surface area (Å²) in [7, 11) is 1.60. The van der Waals surface area contributed by atoms with Crippen molar-refractivity contribution in [3.8, 4) is 5.75 Å². The van der Waals surface area contributed by atoms with E-state index < -0.39 is 0 Å². The Bertz CT molecular complexity index is 469. The molecule has 0 saturated heterocycles. The number of hydrogen-bond acceptors (Lipinski definition) is 3. The van der Waals surface area contributed by atoms with E-state index in [1.54, 1.807) is 13.2 Å². The summed E-state index contributed by atoms with van der Waals surface area (Å²) >= 11 is 6.16. The summed E-state index contributed by atoms with van der Waals surface area (Å²) in [6, 6.07) is 5.18. The van der Waals surface area contributed by atoms with E-state index in [0.29, 0.717) is 17.3 Å². The zero-order chi connectivity index (χ0) is 15.3. The fourth-order valence-corrected chi connectivity index (χ4v) is 1.96. The minimum atomic E-state index is -0.310. The van der Waals surface area contributed by atoms with Crippen LogP contribution in [0.1, 0.15) is 33.3 Å². The number of methoxy groups -OCH3 is 1. The van der Waals surface area contributed by atoms with Gasteiger partial charge in [0.05, 0.1) is 13.2 Å². The molecule has 2 N–H and O–H groups in total. The quantitative estimate of drug-likeness (QED) is 0.879. The van der Waals surface area contributed by atoms with Crippen molar-refractivity contribution in [2.45, 2.75) is 45.8 Å². The van der Waals surface area contributed by atoms with Crippen LogP contribution in [0.5, 0.6) is 5.75 Å². The van der Waals surface area contributed by atoms with Crippen molar-refractivity contribution < 1.29 is 9.53 Å². The van der Waals surface area contributed by atoms with Gasteiger partial charge < -0.3 is 15.4 Å². The highest BCUT2D eigenvalue weighted by atomic mass is 35.5. The van der Waals surface area contributed by atoms with Crippen molar-refractivity contribution in [3.63, 3.8) is 0 Å². The number of amides is 1. The highest BCUT2D eigenvalue weighted by Crippen LogP contribution is 2.25. The molecule has 1 aromatic rings. The first-order valence-corrected chi connectivity index (χ1v) is 6.99. The Hall–Kier alpha value is -1.26. The molecule has 1 aromatic carbocycles. The van der Waals surface area contributed by atoms with Crippen LogP contribution < -0.4 is 15.4 Å². The minimum absolute atomic E-state index is 0.0384. The Morgan fingerprint density at radius 2 is 2.05 bits per heavy atom. The van der Waals surface area contributed by atoms with E-state index in [9.17, 15) is 4.79 Å². The molecule has 0 bridgehead atoms. The van der Waals surface area contributed by atoms with Crippen molar-refractivity contribution in [1.82, 2.24) is 10.6 Å². The summed E-state index contributed by atoms with van der Waals surface area (Å²) in [5, 5.41) is 6.72. The molecule has 0 saturated carbocycles. The molecule has 0 aromatic heterocycles. The highest BCUT2D eigenvalue weighted by Gasteiger charge is 2.19. The van der Waals surface area contributed by atoms with E-state index in [1.165, 1.54) is 0 Å². The normalized spacial score (nSPS) is 12.9. The topological polar surface area (TPSA) is 50.4 Å². The van der Waals surface area contributed by atoms with Gasteiger partial charge in [0.25, 0.3) is 0 Å². The van der Waals surface area contributed by atoms with Gasteiger partial charge in [0.15, 0.2) is 0 Å². The molecule has 112 valence electrons. The van der Waals surface area contributed by atoms with Gasteiger partial charge in [-0.2, -0.15) is 0 Å². The van der Waals surface area contributed by atoms with Crippen LogP contribution in [0.25, 0.3) is 0 Å². The Labute approximate surface area is 125 Å². The van der Waals surface area contributed by atoms with Crippen molar-refractivity contribution >= 4 is 17.5 Å². The van der Waals surface area contributed by atoms with E-state index in [1.807, 2.05) is 39.8 Å². The van der Waals surface area contributed by atoms with E-state index in [4.69, 9.17) is 16.3 Å². The molecule has 1 unspecified atom stereocenters. The Morgan fingerprint density at radius 1 is 1.40 bits per heavy atom. The van der Waals surface area contributed by atoms with Crippen LogP contribution >= 0.6 is 11.6 Å². The predicted molar refractivity (Wildman–Crippen MR) is 82.2 cm³/mol. The summed E-state index contributed by atoms with van der Waals surface area (Å²) in [4.78, 5) is 12.0. The van der Waals surface area contributed by atoms with Crippen molar-refractivity contribution in [2.75, 3.05) is 7.11 Å². The second-order valence-electron chi connectivity index (χ2n) is 5.76. The third-order valence-electron chi connectivity index (χ3n) is 2.77. The average Bonchev–Trinajstić information content (AvgIpc) is 2.34. The van der Waals surface area contributed by atoms with E-state index in [-0.39, 0.29) is 17.5 Å². The molecule has 0 heterocycles. The van der Waals surface area contributed by atoms with Gasteiger partial charge in [0, 0.05) is 22.7 Å². The zero-order valence-corrected chi connectivity index (χ0v) is 13.5. The lowest BCUT2D eigenvalue weighted by Crippen LogP contribution is -2.49. The maximum absolute atomic E-state index is 12.0. The number of hydrogen-bond donors (Lipinski definition) is 2. The van der Waals surface area contributed by atoms with Gasteiger partial charge in [-0.3, -0.25) is 4.79 Å². The van der Waals surface area contributed by atoms with Gasteiger partial charge in [-0.25, -0.2) is 0 Å². The first-order chi connectivity index (χ1) is 9.24. The van der Waals surface area contributed by atoms with Gasteiger partial charge in [-0.1, -0.05) is 17.7 Å². The number of benzene rings is 1. The average molecular weight is 299 g/mol. The fourth-order valence-electron chi connectivity index (χ4n) is 1.73. The number of nitrogens with one attached hydrogen (secondary N) is 2. The molecular weight excluding hydrogens is 276 g/mol. The Morgan fingerprint density at radius 3 is 2.60 bits per heavy atom. The lowest BCUT2D eigenvalue weighted by atomic mass is 10.1. The fraction of sp³-hybridized carbons (Fsp3) is 0.533. The zero-order valence-electron chi connectivity index (χ0n) is 12.7. The van der Waals surface area contributed by atoms with Crippen molar-refractivity contribution in [3.05, 3.63) is 28.8 Å². The summed E-state index contributed by atoms with van der Waals surface area (Å²) in [6.45, 7) is 8.16. The van der Waals surface area contributed by atoms with Crippen LogP contribution in [0.3, 0.4) is 0 Å². The number of halogens is 1. The molecule has 1 amide bonds. The van der Waals surface area contributed by atoms with Crippen LogP contribution in [-0.2, 0) is 11.3 Å². The van der Waals surface area contributed by atoms with E-state index in [0.717, 1.165) is 5.56 Å². The summed E-state index contributed by atoms with van der Waals surface area (Å²) in [5.41, 5.74) is 0.613. The number of carbonyl (C=O) groups is 1. The SMILES string of the molecule is COc1cccc(Cl)c1CNC(C)C(=O)NC(C)(C)C. The Kier molecular flexibility index (Phi) is 5.84. The van der Waals surface area contributed by atoms with Gasteiger partial charge in [-0.05, 0) is 39.8 Å². The lowest BCUT2D eigenvalue weighted by Gasteiger charge is -2.24. The van der Waals surface area contributed by atoms with Gasteiger partial charge in [0.2, 0.25) is 5.91 Å². The van der Waals surface area contributed by atoms with Crippen molar-refractivity contribution in [1.29, 1.82) is 0 Å². The molecule has 4 nitrogen and oxygen atoms in total. The summed E-state index contributed by atoms with van der Waals surface area (Å²) < 4.78 is 5.27. The molecule has 0 radical (unpaired) electrons. The van der Waals surface area contributed by atoms with Crippen LogP contribution in [0, 0.1) is 0 Å². The molecular formula is C15H23ClN2O2. The number of carbonyl (C=O) groups excluding carboxylic acids is 1. The molecule has 0 fully saturated rings. The maximum atomic E-state index is 12.0. The van der Waals surface area contributed by atoms with E-state index in [2.05, 4.69) is 10.6 Å². The minimum Gasteiger partial charge on any atom is -0.496 e. The molecule has 0 spiro atoms. The molecule has 5 heteroatoms. The first kappa shape index (κ1) is 16.8. The monoisotopic (exact) mass is 298 g/mol. The predicted octanol–water partition coefficient (Wildman–Crippen LogP) is 2.74. The van der Waals surface area contributed by atoms with Gasteiger partial charge >= 0.3 is 0 Å². The third kappa shape index (κ3) is 5.02. The molecule has 0 aliphatic rings. The molecule has 1 atom stereocenters. The van der Waals surface area contributed by atoms with Crippen LogP contribution in [0.2, 0.25) is 5.02 Å². The van der Waals surface area contributed by atoms with Crippen LogP contribution in [0.15, 0.2) is 18.2 Å². The largest absolute Gasteiger partial charge is 0.496 e. The third-order valence-corrected chi connectivity index (χ3v) is 3.13. The second-order valence-corrected chi connectivity index (χ2v) is 6.17. The van der Waals surface area contributed by atoms with Crippen molar-refractivity contribution in [2.24, 2.45) is 0 Å². The maximum Gasteiger partial charge on any atom is 0.237 e. The number of ether oxygens (including phenoxy) is 1. The standard InChI is InChI=1S/C15H23ClN2O2/c1-10(14(19)18-15(2,3)4)17-9-11-12(16)7-6-8-13(11)20-5/h6-8,10,17H,9H2,1-5H3,(H,18,19). The summed E-state index contributed by atoms with van der Waals surface area (Å²) in [6.07, 6.45) is 0. The molecule has 20 heavy (non-hydrogen) atoms. The van der Waals surface area contributed by atoms with E-state index >= 15 is 0 Å². The van der Waals surface area contributed by atoms with Crippen LogP contribution in [0.4, 0.5) is 0 Å². The smallest absolute Gasteiger partial charge is 0.237 e. The number of rotatable bonds is 5. The van der Waals surface area contributed by atoms with Gasteiger partial charge in [-0.15, -0.1) is 0 Å². The Balaban J connectivity index is 2.66.